The minimum Gasteiger partial charge on any atom is -0.456 e. The van der Waals surface area contributed by atoms with Crippen LogP contribution in [0, 0.1) is 0 Å². The maximum atomic E-state index is 12.0. The minimum atomic E-state index is -0.198. The Kier molecular flexibility index (Phi) is 5.33. The monoisotopic (exact) mass is 360 g/mol. The molecule has 2 aromatic heterocycles. The first-order valence-corrected chi connectivity index (χ1v) is 8.99. The lowest BCUT2D eigenvalue weighted by Crippen LogP contribution is -2.25. The maximum Gasteiger partial charge on any atom is 0.287 e. The Morgan fingerprint density at radius 1 is 1.29 bits per heavy atom. The van der Waals surface area contributed by atoms with Crippen LogP contribution in [-0.2, 0) is 12.8 Å². The molecule has 0 saturated carbocycles. The van der Waals surface area contributed by atoms with E-state index >= 15 is 0 Å². The lowest BCUT2D eigenvalue weighted by atomic mass is 10.2. The topological polar surface area (TPSA) is 55.1 Å². The number of rotatable bonds is 6. The van der Waals surface area contributed by atoms with Crippen molar-refractivity contribution in [2.45, 2.75) is 19.8 Å². The Morgan fingerprint density at radius 3 is 2.88 bits per heavy atom. The summed E-state index contributed by atoms with van der Waals surface area (Å²) >= 11 is 7.75. The van der Waals surface area contributed by atoms with Gasteiger partial charge < -0.3 is 9.73 Å². The molecule has 24 heavy (non-hydrogen) atoms. The van der Waals surface area contributed by atoms with Gasteiger partial charge in [0, 0.05) is 30.3 Å². The molecule has 0 fully saturated rings. The largest absolute Gasteiger partial charge is 0.456 e. The molecule has 2 heterocycles. The van der Waals surface area contributed by atoms with E-state index in [0.29, 0.717) is 23.7 Å². The van der Waals surface area contributed by atoms with Gasteiger partial charge in [-0.1, -0.05) is 36.7 Å². The van der Waals surface area contributed by atoms with Crippen molar-refractivity contribution in [3.63, 3.8) is 0 Å². The van der Waals surface area contributed by atoms with Crippen LogP contribution in [0.3, 0.4) is 0 Å². The summed E-state index contributed by atoms with van der Waals surface area (Å²) in [4.78, 5) is 16.6. The zero-order valence-electron chi connectivity index (χ0n) is 13.2. The van der Waals surface area contributed by atoms with E-state index in [1.807, 2.05) is 42.6 Å². The van der Waals surface area contributed by atoms with E-state index < -0.39 is 0 Å². The zero-order valence-corrected chi connectivity index (χ0v) is 14.8. The molecule has 0 spiro atoms. The Hall–Kier alpha value is -2.11. The van der Waals surface area contributed by atoms with Crippen molar-refractivity contribution in [3.05, 3.63) is 64.0 Å². The fraction of sp³-hybridized carbons (Fsp3) is 0.222. The summed E-state index contributed by atoms with van der Waals surface area (Å²) in [6.45, 7) is 2.49. The predicted octanol–water partition coefficient (Wildman–Crippen LogP) is 4.59. The summed E-state index contributed by atoms with van der Waals surface area (Å²) in [7, 11) is 0. The number of carbonyl (C=O) groups excluding carboxylic acids is 1. The molecule has 0 aliphatic carbocycles. The normalized spacial score (nSPS) is 10.8. The Balaban J connectivity index is 1.56. The molecule has 0 unspecified atom stereocenters. The predicted molar refractivity (Wildman–Crippen MR) is 96.7 cm³/mol. The number of carbonyl (C=O) groups is 1. The third kappa shape index (κ3) is 3.86. The molecule has 0 aliphatic rings. The van der Waals surface area contributed by atoms with E-state index in [1.54, 1.807) is 17.4 Å². The number of hydrogen-bond acceptors (Lipinski definition) is 4. The van der Waals surface area contributed by atoms with Crippen molar-refractivity contribution in [3.8, 4) is 10.6 Å². The van der Waals surface area contributed by atoms with Crippen LogP contribution in [0.25, 0.3) is 10.6 Å². The Labute approximate surface area is 149 Å². The number of hydrogen-bond donors (Lipinski definition) is 1. The fourth-order valence-electron chi connectivity index (χ4n) is 2.26. The van der Waals surface area contributed by atoms with Gasteiger partial charge >= 0.3 is 0 Å². The van der Waals surface area contributed by atoms with Crippen LogP contribution in [-0.4, -0.2) is 17.4 Å². The van der Waals surface area contributed by atoms with Gasteiger partial charge in [0.15, 0.2) is 5.76 Å². The van der Waals surface area contributed by atoms with E-state index in [9.17, 15) is 4.79 Å². The molecule has 3 rings (SSSR count). The molecule has 1 aromatic carbocycles. The average Bonchev–Trinajstić information content (AvgIpc) is 3.24. The number of benzene rings is 1. The van der Waals surface area contributed by atoms with Gasteiger partial charge in [0.05, 0.1) is 10.7 Å². The molecular weight excluding hydrogens is 344 g/mol. The highest BCUT2D eigenvalue weighted by atomic mass is 35.5. The van der Waals surface area contributed by atoms with Crippen LogP contribution in [0.15, 0.2) is 46.2 Å². The second-order valence-corrected chi connectivity index (χ2v) is 6.51. The highest BCUT2D eigenvalue weighted by Crippen LogP contribution is 2.30. The summed E-state index contributed by atoms with van der Waals surface area (Å²) in [6.07, 6.45) is 1.44. The van der Waals surface area contributed by atoms with Crippen molar-refractivity contribution in [2.24, 2.45) is 0 Å². The van der Waals surface area contributed by atoms with Gasteiger partial charge in [-0.15, -0.1) is 11.3 Å². The summed E-state index contributed by atoms with van der Waals surface area (Å²) in [6, 6.07) is 11.2. The lowest BCUT2D eigenvalue weighted by Gasteiger charge is -2.01. The number of nitrogens with zero attached hydrogens (tertiary/aromatic N) is 1. The number of amides is 1. The van der Waals surface area contributed by atoms with Crippen LogP contribution < -0.4 is 5.32 Å². The van der Waals surface area contributed by atoms with Crippen LogP contribution in [0.4, 0.5) is 0 Å². The van der Waals surface area contributed by atoms with Crippen molar-refractivity contribution in [1.82, 2.24) is 10.3 Å². The van der Waals surface area contributed by atoms with Crippen molar-refractivity contribution < 1.29 is 9.21 Å². The molecule has 124 valence electrons. The van der Waals surface area contributed by atoms with Crippen LogP contribution in [0.5, 0.6) is 0 Å². The Bertz CT molecular complexity index is 841. The highest BCUT2D eigenvalue weighted by Gasteiger charge is 2.11. The highest BCUT2D eigenvalue weighted by molar-refractivity contribution is 7.13. The van der Waals surface area contributed by atoms with E-state index in [0.717, 1.165) is 28.4 Å². The summed E-state index contributed by atoms with van der Waals surface area (Å²) in [5.41, 5.74) is 1.87. The smallest absolute Gasteiger partial charge is 0.287 e. The fourth-order valence-corrected chi connectivity index (χ4v) is 3.44. The number of halogens is 1. The summed E-state index contributed by atoms with van der Waals surface area (Å²) < 4.78 is 5.43. The first-order chi connectivity index (χ1) is 11.7. The van der Waals surface area contributed by atoms with Gasteiger partial charge in [-0.25, -0.2) is 4.98 Å². The molecule has 1 N–H and O–H groups in total. The zero-order chi connectivity index (χ0) is 16.9. The van der Waals surface area contributed by atoms with E-state index in [2.05, 4.69) is 10.3 Å². The third-order valence-electron chi connectivity index (χ3n) is 3.56. The quantitative estimate of drug-likeness (QED) is 0.699. The number of nitrogens with one attached hydrogen (secondary N) is 1. The number of thiazole rings is 1. The minimum absolute atomic E-state index is 0.198. The summed E-state index contributed by atoms with van der Waals surface area (Å²) in [5, 5.41) is 6.42. The van der Waals surface area contributed by atoms with Gasteiger partial charge in [0.2, 0.25) is 0 Å². The van der Waals surface area contributed by atoms with Gasteiger partial charge in [-0.2, -0.15) is 0 Å². The second kappa shape index (κ2) is 7.64. The Morgan fingerprint density at radius 2 is 2.12 bits per heavy atom. The second-order valence-electron chi connectivity index (χ2n) is 5.25. The van der Waals surface area contributed by atoms with Crippen molar-refractivity contribution in [2.75, 3.05) is 6.54 Å². The summed E-state index contributed by atoms with van der Waals surface area (Å²) in [5.74, 6) is 0.960. The lowest BCUT2D eigenvalue weighted by molar-refractivity contribution is 0.0924. The van der Waals surface area contributed by atoms with E-state index in [-0.39, 0.29) is 5.91 Å². The molecule has 4 nitrogen and oxygen atoms in total. The third-order valence-corrected chi connectivity index (χ3v) is 4.81. The van der Waals surface area contributed by atoms with Crippen LogP contribution in [0.2, 0.25) is 5.02 Å². The standard InChI is InChI=1S/C18H17ClN2O2S/c1-2-13-7-8-16(23-13)17(22)20-10-9-12-11-24-18(21-12)14-5-3-4-6-15(14)19/h3-8,11H,2,9-10H2,1H3,(H,20,22). The molecule has 0 aliphatic heterocycles. The molecule has 0 atom stereocenters. The van der Waals surface area contributed by atoms with Gasteiger partial charge in [0.1, 0.15) is 10.8 Å². The molecule has 0 bridgehead atoms. The molecule has 6 heteroatoms. The van der Waals surface area contributed by atoms with Gasteiger partial charge in [0.25, 0.3) is 5.91 Å². The van der Waals surface area contributed by atoms with Crippen molar-refractivity contribution in [1.29, 1.82) is 0 Å². The molecular formula is C18H17ClN2O2S. The van der Waals surface area contributed by atoms with Crippen LogP contribution >= 0.6 is 22.9 Å². The SMILES string of the molecule is CCc1ccc(C(=O)NCCc2csc(-c3ccccc3Cl)n2)o1. The van der Waals surface area contributed by atoms with Crippen LogP contribution in [0.1, 0.15) is 28.9 Å². The number of aryl methyl sites for hydroxylation is 1. The van der Waals surface area contributed by atoms with Gasteiger partial charge in [-0.3, -0.25) is 4.79 Å². The van der Waals surface area contributed by atoms with Crippen molar-refractivity contribution >= 4 is 28.8 Å². The maximum absolute atomic E-state index is 12.0. The van der Waals surface area contributed by atoms with E-state index in [4.69, 9.17) is 16.0 Å². The van der Waals surface area contributed by atoms with E-state index in [1.165, 1.54) is 0 Å². The first kappa shape index (κ1) is 16.7. The molecule has 0 radical (unpaired) electrons. The number of aromatic nitrogens is 1. The first-order valence-electron chi connectivity index (χ1n) is 7.73. The molecule has 0 saturated heterocycles. The molecule has 3 aromatic rings. The molecule has 1 amide bonds. The average molecular weight is 361 g/mol. The van der Waals surface area contributed by atoms with Gasteiger partial charge in [-0.05, 0) is 18.2 Å². The number of furan rings is 1.